The van der Waals surface area contributed by atoms with Crippen molar-refractivity contribution in [3.05, 3.63) is 60.3 Å². The van der Waals surface area contributed by atoms with Gasteiger partial charge in [-0.1, -0.05) is 12.1 Å². The number of ether oxygens (including phenoxy) is 2. The molecule has 0 radical (unpaired) electrons. The largest absolute Gasteiger partial charge is 0.489 e. The molecule has 5 rings (SSSR count). The first-order chi connectivity index (χ1) is 16.0. The van der Waals surface area contributed by atoms with Crippen LogP contribution >= 0.6 is 0 Å². The number of halogens is 2. The van der Waals surface area contributed by atoms with Gasteiger partial charge in [0.25, 0.3) is 5.78 Å². The minimum Gasteiger partial charge on any atom is -0.489 e. The van der Waals surface area contributed by atoms with Crippen LogP contribution in [0.15, 0.2) is 54.7 Å². The average molecular weight is 452 g/mol. The number of alkyl halides is 2. The molecule has 168 valence electrons. The Morgan fingerprint density at radius 2 is 1.97 bits per heavy atom. The molecule has 1 fully saturated rings. The van der Waals surface area contributed by atoms with Gasteiger partial charge in [-0.05, 0) is 55.2 Å². The normalized spacial score (nSPS) is 13.4. The van der Waals surface area contributed by atoms with E-state index in [2.05, 4.69) is 19.8 Å². The lowest BCUT2D eigenvalue weighted by molar-refractivity contribution is -0.0515. The van der Waals surface area contributed by atoms with E-state index in [0.717, 1.165) is 12.8 Å². The van der Waals surface area contributed by atoms with E-state index in [-0.39, 0.29) is 17.1 Å². The van der Waals surface area contributed by atoms with Gasteiger partial charge in [-0.15, -0.1) is 5.10 Å². The molecule has 0 saturated heterocycles. The van der Waals surface area contributed by atoms with Crippen LogP contribution in [0.25, 0.3) is 28.4 Å². The maximum atomic E-state index is 12.8. The number of carboxylic acid groups (broad SMARTS) is 1. The Bertz CT molecular complexity index is 1340. The monoisotopic (exact) mass is 452 g/mol. The summed E-state index contributed by atoms with van der Waals surface area (Å²) in [5, 5.41) is 13.7. The highest BCUT2D eigenvalue weighted by Gasteiger charge is 2.23. The second-order valence-corrected chi connectivity index (χ2v) is 7.66. The van der Waals surface area contributed by atoms with Crippen molar-refractivity contribution in [2.45, 2.75) is 19.5 Å². The standard InChI is InChI=1S/C23H18F2N4O4/c24-22(25)33-18-7-6-14(11-19(18)32-12-13-4-5-13)17-8-9-26-23-27-20(28-29(17)23)15-2-1-3-16(10-15)21(30)31/h1-3,6-11,13,22H,4-5,12H2,(H,30,31). The zero-order chi connectivity index (χ0) is 22.9. The van der Waals surface area contributed by atoms with E-state index in [1.807, 2.05) is 0 Å². The number of fused-ring (bicyclic) bond motifs is 1. The number of carboxylic acids is 1. The molecule has 0 spiro atoms. The fraction of sp³-hybridized carbons (Fsp3) is 0.217. The zero-order valence-electron chi connectivity index (χ0n) is 17.2. The van der Waals surface area contributed by atoms with Crippen LogP contribution in [0.4, 0.5) is 8.78 Å². The van der Waals surface area contributed by atoms with E-state index in [4.69, 9.17) is 4.74 Å². The van der Waals surface area contributed by atoms with Crippen LogP contribution < -0.4 is 9.47 Å². The highest BCUT2D eigenvalue weighted by molar-refractivity contribution is 5.89. The number of aromatic nitrogens is 4. The minimum absolute atomic E-state index is 0.0375. The van der Waals surface area contributed by atoms with Gasteiger partial charge in [-0.25, -0.2) is 9.78 Å². The lowest BCUT2D eigenvalue weighted by Gasteiger charge is -2.14. The molecule has 1 saturated carbocycles. The first kappa shape index (κ1) is 20.8. The predicted molar refractivity (Wildman–Crippen MR) is 113 cm³/mol. The summed E-state index contributed by atoms with van der Waals surface area (Å²) in [6, 6.07) is 12.7. The van der Waals surface area contributed by atoms with Crippen molar-refractivity contribution in [2.75, 3.05) is 6.61 Å². The molecular formula is C23H18F2N4O4. The lowest BCUT2D eigenvalue weighted by Crippen LogP contribution is -2.06. The zero-order valence-corrected chi connectivity index (χ0v) is 17.2. The van der Waals surface area contributed by atoms with E-state index in [1.54, 1.807) is 36.5 Å². The fourth-order valence-electron chi connectivity index (χ4n) is 3.39. The van der Waals surface area contributed by atoms with Crippen molar-refractivity contribution in [3.63, 3.8) is 0 Å². The van der Waals surface area contributed by atoms with Crippen molar-refractivity contribution in [1.82, 2.24) is 19.6 Å². The smallest absolute Gasteiger partial charge is 0.387 e. The molecule has 0 bridgehead atoms. The van der Waals surface area contributed by atoms with Crippen LogP contribution in [-0.4, -0.2) is 43.9 Å². The van der Waals surface area contributed by atoms with Gasteiger partial charge in [0.15, 0.2) is 17.3 Å². The summed E-state index contributed by atoms with van der Waals surface area (Å²) in [4.78, 5) is 19.9. The van der Waals surface area contributed by atoms with Crippen molar-refractivity contribution >= 4 is 11.7 Å². The van der Waals surface area contributed by atoms with Crippen LogP contribution in [0, 0.1) is 5.92 Å². The maximum absolute atomic E-state index is 12.8. The molecule has 0 aliphatic heterocycles. The molecule has 2 aromatic carbocycles. The van der Waals surface area contributed by atoms with E-state index in [9.17, 15) is 18.7 Å². The second kappa shape index (κ2) is 8.45. The summed E-state index contributed by atoms with van der Waals surface area (Å²) in [6.45, 7) is -2.53. The molecule has 1 aliphatic carbocycles. The molecule has 1 N–H and O–H groups in total. The van der Waals surface area contributed by atoms with Gasteiger partial charge in [0.05, 0.1) is 17.9 Å². The Morgan fingerprint density at radius 3 is 2.73 bits per heavy atom. The van der Waals surface area contributed by atoms with E-state index >= 15 is 0 Å². The highest BCUT2D eigenvalue weighted by atomic mass is 19.3. The number of hydrogen-bond acceptors (Lipinski definition) is 6. The average Bonchev–Trinajstić information content (AvgIpc) is 3.53. The Kier molecular flexibility index (Phi) is 5.33. The molecule has 8 nitrogen and oxygen atoms in total. The number of nitrogens with zero attached hydrogens (tertiary/aromatic N) is 4. The summed E-state index contributed by atoms with van der Waals surface area (Å²) in [6.07, 6.45) is 3.67. The van der Waals surface area contributed by atoms with Gasteiger partial charge in [-0.3, -0.25) is 0 Å². The Labute approximate surface area is 186 Å². The second-order valence-electron chi connectivity index (χ2n) is 7.66. The summed E-state index contributed by atoms with van der Waals surface area (Å²) in [7, 11) is 0. The van der Waals surface area contributed by atoms with Crippen molar-refractivity contribution in [2.24, 2.45) is 5.92 Å². The quantitative estimate of drug-likeness (QED) is 0.419. The Balaban J connectivity index is 1.54. The first-order valence-corrected chi connectivity index (χ1v) is 10.3. The van der Waals surface area contributed by atoms with Gasteiger partial charge in [0, 0.05) is 17.3 Å². The van der Waals surface area contributed by atoms with Gasteiger partial charge >= 0.3 is 12.6 Å². The fourth-order valence-corrected chi connectivity index (χ4v) is 3.39. The molecule has 4 aromatic rings. The van der Waals surface area contributed by atoms with E-state index in [0.29, 0.717) is 40.9 Å². The molecule has 0 amide bonds. The third-order valence-electron chi connectivity index (χ3n) is 5.24. The van der Waals surface area contributed by atoms with Gasteiger partial charge in [0.1, 0.15) is 0 Å². The minimum atomic E-state index is -2.97. The van der Waals surface area contributed by atoms with Crippen LogP contribution in [0.3, 0.4) is 0 Å². The first-order valence-electron chi connectivity index (χ1n) is 10.3. The Hall–Kier alpha value is -4.08. The molecule has 2 aromatic heterocycles. The van der Waals surface area contributed by atoms with Crippen molar-refractivity contribution < 1.29 is 28.2 Å². The summed E-state index contributed by atoms with van der Waals surface area (Å²) < 4.78 is 37.6. The summed E-state index contributed by atoms with van der Waals surface area (Å²) >= 11 is 0. The van der Waals surface area contributed by atoms with Crippen molar-refractivity contribution in [3.8, 4) is 34.1 Å². The topological polar surface area (TPSA) is 98.8 Å². The van der Waals surface area contributed by atoms with Gasteiger partial charge in [0.2, 0.25) is 0 Å². The van der Waals surface area contributed by atoms with Gasteiger partial charge in [-0.2, -0.15) is 18.3 Å². The number of aromatic carboxylic acids is 1. The maximum Gasteiger partial charge on any atom is 0.387 e. The van der Waals surface area contributed by atoms with Crippen LogP contribution in [0.1, 0.15) is 23.2 Å². The number of benzene rings is 2. The molecular weight excluding hydrogens is 434 g/mol. The van der Waals surface area contributed by atoms with Gasteiger partial charge < -0.3 is 14.6 Å². The lowest BCUT2D eigenvalue weighted by atomic mass is 10.1. The molecule has 2 heterocycles. The van der Waals surface area contributed by atoms with E-state index in [1.165, 1.54) is 22.7 Å². The molecule has 0 atom stereocenters. The molecule has 1 aliphatic rings. The number of hydrogen-bond donors (Lipinski definition) is 1. The number of carbonyl (C=O) groups is 1. The van der Waals surface area contributed by atoms with Crippen LogP contribution in [0.2, 0.25) is 0 Å². The molecule has 33 heavy (non-hydrogen) atoms. The third kappa shape index (κ3) is 4.45. The van der Waals surface area contributed by atoms with Crippen LogP contribution in [-0.2, 0) is 0 Å². The predicted octanol–water partition coefficient (Wildman–Crippen LogP) is 4.55. The highest BCUT2D eigenvalue weighted by Crippen LogP contribution is 2.36. The molecule has 10 heteroatoms. The van der Waals surface area contributed by atoms with E-state index < -0.39 is 12.6 Å². The Morgan fingerprint density at radius 1 is 1.12 bits per heavy atom. The number of rotatable bonds is 8. The SMILES string of the molecule is O=C(O)c1cccc(-c2nc3nccc(-c4ccc(OC(F)F)c(OCC5CC5)c4)n3n2)c1. The summed E-state index contributed by atoms with van der Waals surface area (Å²) in [5.41, 5.74) is 1.89. The molecule has 0 unspecified atom stereocenters. The third-order valence-corrected chi connectivity index (χ3v) is 5.24. The van der Waals surface area contributed by atoms with Crippen LogP contribution in [0.5, 0.6) is 11.5 Å². The summed E-state index contributed by atoms with van der Waals surface area (Å²) in [5.74, 6) is 0.172. The van der Waals surface area contributed by atoms with Crippen molar-refractivity contribution in [1.29, 1.82) is 0 Å².